The van der Waals surface area contributed by atoms with Crippen LogP contribution in [-0.2, 0) is 10.2 Å². The molecule has 5 heteroatoms. The van der Waals surface area contributed by atoms with Gasteiger partial charge in [0, 0.05) is 26.8 Å². The van der Waals surface area contributed by atoms with E-state index in [1.54, 1.807) is 7.05 Å². The second-order valence-electron chi connectivity index (χ2n) is 6.92. The van der Waals surface area contributed by atoms with Crippen LogP contribution in [0.15, 0.2) is 29.3 Å². The van der Waals surface area contributed by atoms with Crippen molar-refractivity contribution in [3.8, 4) is 5.75 Å². The second kappa shape index (κ2) is 11.7. The first-order valence-corrected chi connectivity index (χ1v) is 9.23. The van der Waals surface area contributed by atoms with E-state index in [1.165, 1.54) is 5.56 Å². The van der Waals surface area contributed by atoms with Crippen LogP contribution < -0.4 is 15.4 Å². The summed E-state index contributed by atoms with van der Waals surface area (Å²) in [5.41, 5.74) is 1.30. The minimum Gasteiger partial charge on any atom is -0.491 e. The van der Waals surface area contributed by atoms with Crippen LogP contribution in [0.3, 0.4) is 0 Å². The number of guanidine groups is 1. The van der Waals surface area contributed by atoms with E-state index in [2.05, 4.69) is 48.5 Å². The third-order valence-corrected chi connectivity index (χ3v) is 3.78. The van der Waals surface area contributed by atoms with Gasteiger partial charge in [0.1, 0.15) is 12.4 Å². The predicted octanol–water partition coefficient (Wildman–Crippen LogP) is 3.34. The van der Waals surface area contributed by atoms with Crippen molar-refractivity contribution in [1.29, 1.82) is 0 Å². The molecule has 1 rings (SSSR count). The van der Waals surface area contributed by atoms with Gasteiger partial charge < -0.3 is 20.1 Å². The van der Waals surface area contributed by atoms with Crippen LogP contribution in [0.25, 0.3) is 0 Å². The highest BCUT2D eigenvalue weighted by Crippen LogP contribution is 2.30. The van der Waals surface area contributed by atoms with Gasteiger partial charge in [-0.1, -0.05) is 39.0 Å². The molecule has 0 unspecified atom stereocenters. The van der Waals surface area contributed by atoms with E-state index in [-0.39, 0.29) is 5.41 Å². The molecule has 0 fully saturated rings. The van der Waals surface area contributed by atoms with Gasteiger partial charge >= 0.3 is 0 Å². The Balaban J connectivity index is 2.28. The Morgan fingerprint density at radius 3 is 2.44 bits per heavy atom. The number of rotatable bonds is 10. The van der Waals surface area contributed by atoms with Crippen molar-refractivity contribution in [2.75, 3.05) is 40.0 Å². The topological polar surface area (TPSA) is 54.9 Å². The molecule has 5 nitrogen and oxygen atoms in total. The molecule has 2 N–H and O–H groups in total. The van der Waals surface area contributed by atoms with Gasteiger partial charge in [0.05, 0.1) is 6.54 Å². The molecule has 0 bridgehead atoms. The Morgan fingerprint density at radius 2 is 1.76 bits per heavy atom. The third-order valence-electron chi connectivity index (χ3n) is 3.78. The minimum atomic E-state index is 0.0725. The first-order valence-electron chi connectivity index (χ1n) is 9.23. The van der Waals surface area contributed by atoms with E-state index in [4.69, 9.17) is 9.47 Å². The van der Waals surface area contributed by atoms with Gasteiger partial charge in [-0.2, -0.15) is 0 Å². The van der Waals surface area contributed by atoms with Crippen LogP contribution in [0.5, 0.6) is 5.75 Å². The maximum absolute atomic E-state index is 5.97. The van der Waals surface area contributed by atoms with Gasteiger partial charge in [0.15, 0.2) is 5.96 Å². The van der Waals surface area contributed by atoms with Gasteiger partial charge in [-0.25, -0.2) is 0 Å². The Hall–Kier alpha value is -1.75. The van der Waals surface area contributed by atoms with E-state index < -0.39 is 0 Å². The van der Waals surface area contributed by atoms with Crippen LogP contribution in [0.1, 0.15) is 46.1 Å². The molecule has 0 heterocycles. The summed E-state index contributed by atoms with van der Waals surface area (Å²) in [6.07, 6.45) is 2.13. The van der Waals surface area contributed by atoms with Gasteiger partial charge in [0.25, 0.3) is 0 Å². The number of hydrogen-bond acceptors (Lipinski definition) is 3. The number of nitrogens with one attached hydrogen (secondary N) is 2. The van der Waals surface area contributed by atoms with Gasteiger partial charge in [-0.3, -0.25) is 4.99 Å². The number of benzene rings is 1. The highest BCUT2D eigenvalue weighted by Gasteiger charge is 2.18. The molecule has 0 amide bonds. The molecule has 25 heavy (non-hydrogen) atoms. The quantitative estimate of drug-likeness (QED) is 0.386. The normalized spacial score (nSPS) is 12.1. The van der Waals surface area contributed by atoms with Crippen molar-refractivity contribution in [2.45, 2.75) is 46.0 Å². The third kappa shape index (κ3) is 8.77. The fourth-order valence-electron chi connectivity index (χ4n) is 2.44. The number of unbranched alkanes of at least 4 members (excludes halogenated alkanes) is 1. The summed E-state index contributed by atoms with van der Waals surface area (Å²) < 4.78 is 11.3. The molecule has 0 radical (unpaired) electrons. The Bertz CT molecular complexity index is 510. The molecule has 142 valence electrons. The Kier molecular flexibility index (Phi) is 10.0. The van der Waals surface area contributed by atoms with E-state index in [0.717, 1.165) is 44.3 Å². The zero-order chi connectivity index (χ0) is 18.5. The molecule has 1 aromatic rings. The zero-order valence-electron chi connectivity index (χ0n) is 16.5. The highest BCUT2D eigenvalue weighted by atomic mass is 16.5. The molecule has 0 saturated carbocycles. The van der Waals surface area contributed by atoms with Crippen molar-refractivity contribution in [1.82, 2.24) is 10.6 Å². The lowest BCUT2D eigenvalue weighted by atomic mass is 9.86. The molecule has 0 aliphatic carbocycles. The molecule has 0 aliphatic rings. The number of hydrogen-bond donors (Lipinski definition) is 2. The average Bonchev–Trinajstić information content (AvgIpc) is 2.59. The number of para-hydroxylation sites is 1. The van der Waals surface area contributed by atoms with E-state index in [1.807, 2.05) is 19.1 Å². The van der Waals surface area contributed by atoms with E-state index >= 15 is 0 Å². The summed E-state index contributed by atoms with van der Waals surface area (Å²) in [6.45, 7) is 12.4. The van der Waals surface area contributed by atoms with Crippen LogP contribution in [-0.4, -0.2) is 45.9 Å². The van der Waals surface area contributed by atoms with Crippen LogP contribution in [0.4, 0.5) is 0 Å². The minimum absolute atomic E-state index is 0.0725. The lowest BCUT2D eigenvalue weighted by Crippen LogP contribution is -2.39. The predicted molar refractivity (Wildman–Crippen MR) is 106 cm³/mol. The fourth-order valence-corrected chi connectivity index (χ4v) is 2.44. The average molecular weight is 350 g/mol. The molecule has 0 spiro atoms. The molecular formula is C20H35N3O2. The van der Waals surface area contributed by atoms with Gasteiger partial charge in [0.2, 0.25) is 0 Å². The highest BCUT2D eigenvalue weighted by molar-refractivity contribution is 5.79. The maximum Gasteiger partial charge on any atom is 0.191 e. The second-order valence-corrected chi connectivity index (χ2v) is 6.92. The maximum atomic E-state index is 5.97. The van der Waals surface area contributed by atoms with Crippen molar-refractivity contribution in [2.24, 2.45) is 4.99 Å². The summed E-state index contributed by atoms with van der Waals surface area (Å²) in [5.74, 6) is 1.76. The first kappa shape index (κ1) is 21.3. The lowest BCUT2D eigenvalue weighted by molar-refractivity contribution is 0.143. The SMILES string of the molecule is CCOCCCCNC(=NC)NCCOc1ccccc1C(C)(C)C. The zero-order valence-corrected chi connectivity index (χ0v) is 16.5. The summed E-state index contributed by atoms with van der Waals surface area (Å²) in [5, 5.41) is 6.59. The van der Waals surface area contributed by atoms with Crippen LogP contribution in [0.2, 0.25) is 0 Å². The Morgan fingerprint density at radius 1 is 1.04 bits per heavy atom. The van der Waals surface area contributed by atoms with Crippen LogP contribution >= 0.6 is 0 Å². The molecular weight excluding hydrogens is 314 g/mol. The molecule has 0 aliphatic heterocycles. The number of ether oxygens (including phenoxy) is 2. The summed E-state index contributed by atoms with van der Waals surface area (Å²) >= 11 is 0. The monoisotopic (exact) mass is 349 g/mol. The van der Waals surface area contributed by atoms with Crippen LogP contribution in [0, 0.1) is 0 Å². The van der Waals surface area contributed by atoms with Gasteiger partial charge in [-0.15, -0.1) is 0 Å². The standard InChI is InChI=1S/C20H35N3O2/c1-6-24-15-10-9-13-22-19(21-5)23-14-16-25-18-12-8-7-11-17(18)20(2,3)4/h7-8,11-12H,6,9-10,13-16H2,1-5H3,(H2,21,22,23). The lowest BCUT2D eigenvalue weighted by Gasteiger charge is -2.22. The van der Waals surface area contributed by atoms with Crippen molar-refractivity contribution >= 4 is 5.96 Å². The largest absolute Gasteiger partial charge is 0.491 e. The van der Waals surface area contributed by atoms with E-state index in [9.17, 15) is 0 Å². The van der Waals surface area contributed by atoms with Crippen molar-refractivity contribution < 1.29 is 9.47 Å². The summed E-state index contributed by atoms with van der Waals surface area (Å²) in [6, 6.07) is 8.24. The molecule has 0 saturated heterocycles. The van der Waals surface area contributed by atoms with Gasteiger partial charge in [-0.05, 0) is 36.8 Å². The van der Waals surface area contributed by atoms with Crippen molar-refractivity contribution in [3.63, 3.8) is 0 Å². The Labute approximate surface area is 153 Å². The first-order chi connectivity index (χ1) is 12.0. The molecule has 0 aromatic heterocycles. The molecule has 0 atom stereocenters. The summed E-state index contributed by atoms with van der Waals surface area (Å²) in [7, 11) is 1.78. The molecule has 1 aromatic carbocycles. The number of nitrogens with zero attached hydrogens (tertiary/aromatic N) is 1. The van der Waals surface area contributed by atoms with E-state index in [0.29, 0.717) is 13.2 Å². The summed E-state index contributed by atoms with van der Waals surface area (Å²) in [4.78, 5) is 4.23. The smallest absolute Gasteiger partial charge is 0.191 e. The van der Waals surface area contributed by atoms with Crippen molar-refractivity contribution in [3.05, 3.63) is 29.8 Å². The number of aliphatic imine (C=N–C) groups is 1. The fraction of sp³-hybridized carbons (Fsp3) is 0.650.